The molecule has 0 saturated carbocycles. The van der Waals surface area contributed by atoms with E-state index in [0.717, 1.165) is 38.1 Å². The molecule has 0 spiro atoms. The maximum absolute atomic E-state index is 13.5. The monoisotopic (exact) mass is 364 g/mol. The van der Waals surface area contributed by atoms with E-state index in [4.69, 9.17) is 4.74 Å². The first-order chi connectivity index (χ1) is 12.5. The predicted octanol–water partition coefficient (Wildman–Crippen LogP) is 2.28. The van der Waals surface area contributed by atoms with Gasteiger partial charge >= 0.3 is 0 Å². The molecule has 1 aromatic heterocycles. The molecule has 1 aliphatic heterocycles. The summed E-state index contributed by atoms with van der Waals surface area (Å²) < 4.78 is 33.5. The molecule has 140 valence electrons. The van der Waals surface area contributed by atoms with Crippen LogP contribution in [-0.4, -0.2) is 41.4 Å². The molecule has 1 aromatic carbocycles. The van der Waals surface area contributed by atoms with Crippen LogP contribution in [-0.2, 0) is 0 Å². The largest absolute Gasteiger partial charge is 0.488 e. The summed E-state index contributed by atoms with van der Waals surface area (Å²) in [6.45, 7) is 3.65. The first-order valence-electron chi connectivity index (χ1n) is 8.67. The van der Waals surface area contributed by atoms with Gasteiger partial charge in [0.05, 0.1) is 12.1 Å². The number of rotatable bonds is 6. The topological polar surface area (TPSA) is 68.2 Å². The van der Waals surface area contributed by atoms with Gasteiger partial charge < -0.3 is 15.4 Å². The lowest BCUT2D eigenvalue weighted by molar-refractivity contribution is 0.0919. The number of nitrogens with one attached hydrogen (secondary N) is 2. The number of benzene rings is 1. The molecule has 3 rings (SSSR count). The van der Waals surface area contributed by atoms with E-state index in [1.165, 1.54) is 6.07 Å². The van der Waals surface area contributed by atoms with Gasteiger partial charge in [0.2, 0.25) is 0 Å². The maximum atomic E-state index is 13.5. The Morgan fingerprint density at radius 3 is 3.04 bits per heavy atom. The molecule has 26 heavy (non-hydrogen) atoms. The zero-order valence-corrected chi connectivity index (χ0v) is 14.5. The van der Waals surface area contributed by atoms with Gasteiger partial charge in [-0.1, -0.05) is 0 Å². The van der Waals surface area contributed by atoms with Crippen LogP contribution in [0.4, 0.5) is 8.78 Å². The van der Waals surface area contributed by atoms with Gasteiger partial charge in [-0.25, -0.2) is 8.78 Å². The fourth-order valence-corrected chi connectivity index (χ4v) is 2.87. The van der Waals surface area contributed by atoms with E-state index in [1.54, 1.807) is 13.0 Å². The lowest BCUT2D eigenvalue weighted by Crippen LogP contribution is -2.37. The number of carbonyl (C=O) groups excluding carboxylic acids is 1. The van der Waals surface area contributed by atoms with E-state index in [9.17, 15) is 13.6 Å². The summed E-state index contributed by atoms with van der Waals surface area (Å²) in [6.07, 6.45) is 3.92. The molecular formula is C18H22F2N4O2. The van der Waals surface area contributed by atoms with Gasteiger partial charge in [-0.15, -0.1) is 0 Å². The SMILES string of the molecule is CC(COc1ccc(F)cc1F)NC(=O)c1ccn(C2CCCNC2)n1. The normalized spacial score (nSPS) is 18.3. The Balaban J connectivity index is 1.51. The quantitative estimate of drug-likeness (QED) is 0.825. The van der Waals surface area contributed by atoms with Crippen molar-refractivity contribution in [2.45, 2.75) is 31.8 Å². The molecule has 2 heterocycles. The number of ether oxygens (including phenoxy) is 1. The van der Waals surface area contributed by atoms with Crippen LogP contribution >= 0.6 is 0 Å². The second-order valence-electron chi connectivity index (χ2n) is 6.44. The van der Waals surface area contributed by atoms with Crippen LogP contribution in [0.15, 0.2) is 30.5 Å². The van der Waals surface area contributed by atoms with Gasteiger partial charge in [-0.3, -0.25) is 9.48 Å². The fraction of sp³-hybridized carbons (Fsp3) is 0.444. The summed E-state index contributed by atoms with van der Waals surface area (Å²) >= 11 is 0. The molecule has 1 amide bonds. The first kappa shape index (κ1) is 18.3. The van der Waals surface area contributed by atoms with Gasteiger partial charge in [0.1, 0.15) is 18.1 Å². The van der Waals surface area contributed by atoms with E-state index in [2.05, 4.69) is 15.7 Å². The number of amides is 1. The van der Waals surface area contributed by atoms with Crippen LogP contribution in [0.3, 0.4) is 0 Å². The van der Waals surface area contributed by atoms with Crippen molar-refractivity contribution in [2.75, 3.05) is 19.7 Å². The standard InChI is InChI=1S/C18H22F2N4O2/c1-12(11-26-17-5-4-13(19)9-15(17)20)22-18(25)16-6-8-24(23-16)14-3-2-7-21-10-14/h4-6,8-9,12,14,21H,2-3,7,10-11H2,1H3,(H,22,25). The second kappa shape index (κ2) is 8.27. The van der Waals surface area contributed by atoms with Crippen molar-refractivity contribution in [2.24, 2.45) is 0 Å². The van der Waals surface area contributed by atoms with Crippen molar-refractivity contribution in [3.05, 3.63) is 47.8 Å². The number of hydrogen-bond donors (Lipinski definition) is 2. The first-order valence-corrected chi connectivity index (χ1v) is 8.67. The molecule has 0 bridgehead atoms. The molecule has 1 fully saturated rings. The minimum absolute atomic E-state index is 0.0541. The zero-order chi connectivity index (χ0) is 18.5. The number of hydrogen-bond acceptors (Lipinski definition) is 4. The minimum Gasteiger partial charge on any atom is -0.488 e. The van der Waals surface area contributed by atoms with Crippen LogP contribution < -0.4 is 15.4 Å². The molecule has 0 radical (unpaired) electrons. The number of piperidine rings is 1. The molecule has 2 aromatic rings. The van der Waals surface area contributed by atoms with Crippen LogP contribution in [0.5, 0.6) is 5.75 Å². The molecule has 2 unspecified atom stereocenters. The smallest absolute Gasteiger partial charge is 0.272 e. The number of carbonyl (C=O) groups is 1. The van der Waals surface area contributed by atoms with E-state index in [0.29, 0.717) is 5.69 Å². The van der Waals surface area contributed by atoms with Crippen LogP contribution in [0.25, 0.3) is 0 Å². The summed E-state index contributed by atoms with van der Waals surface area (Å²) in [6, 6.07) is 4.66. The number of aromatic nitrogens is 2. The Hall–Kier alpha value is -2.48. The second-order valence-corrected chi connectivity index (χ2v) is 6.44. The van der Waals surface area contributed by atoms with Gasteiger partial charge in [-0.05, 0) is 44.5 Å². The lowest BCUT2D eigenvalue weighted by atomic mass is 10.1. The Morgan fingerprint density at radius 2 is 2.31 bits per heavy atom. The van der Waals surface area contributed by atoms with Crippen molar-refractivity contribution in [1.29, 1.82) is 0 Å². The highest BCUT2D eigenvalue weighted by atomic mass is 19.1. The third-order valence-corrected chi connectivity index (χ3v) is 4.25. The fourth-order valence-electron chi connectivity index (χ4n) is 2.87. The third-order valence-electron chi connectivity index (χ3n) is 4.25. The molecule has 2 atom stereocenters. The maximum Gasteiger partial charge on any atom is 0.272 e. The summed E-state index contributed by atoms with van der Waals surface area (Å²) in [5.41, 5.74) is 0.329. The van der Waals surface area contributed by atoms with Crippen molar-refractivity contribution in [3.8, 4) is 5.75 Å². The Kier molecular flexibility index (Phi) is 5.82. The van der Waals surface area contributed by atoms with Crippen LogP contribution in [0.2, 0.25) is 0 Å². The molecular weight excluding hydrogens is 342 g/mol. The van der Waals surface area contributed by atoms with E-state index in [-0.39, 0.29) is 30.3 Å². The zero-order valence-electron chi connectivity index (χ0n) is 14.5. The molecule has 1 aliphatic rings. The average molecular weight is 364 g/mol. The van der Waals surface area contributed by atoms with E-state index in [1.807, 2.05) is 10.9 Å². The highest BCUT2D eigenvalue weighted by Crippen LogP contribution is 2.18. The van der Waals surface area contributed by atoms with Crippen molar-refractivity contribution in [1.82, 2.24) is 20.4 Å². The summed E-state index contributed by atoms with van der Waals surface area (Å²) in [5.74, 6) is -1.81. The van der Waals surface area contributed by atoms with Crippen molar-refractivity contribution < 1.29 is 18.3 Å². The van der Waals surface area contributed by atoms with E-state index >= 15 is 0 Å². The highest BCUT2D eigenvalue weighted by Gasteiger charge is 2.19. The molecule has 0 aliphatic carbocycles. The summed E-state index contributed by atoms with van der Waals surface area (Å²) in [7, 11) is 0. The predicted molar refractivity (Wildman–Crippen MR) is 92.1 cm³/mol. The van der Waals surface area contributed by atoms with Crippen molar-refractivity contribution in [3.63, 3.8) is 0 Å². The van der Waals surface area contributed by atoms with Crippen LogP contribution in [0.1, 0.15) is 36.3 Å². The number of nitrogens with zero attached hydrogens (tertiary/aromatic N) is 2. The Bertz CT molecular complexity index is 759. The average Bonchev–Trinajstić information content (AvgIpc) is 3.12. The summed E-state index contributed by atoms with van der Waals surface area (Å²) in [4.78, 5) is 12.3. The third kappa shape index (κ3) is 4.57. The Morgan fingerprint density at radius 1 is 1.46 bits per heavy atom. The van der Waals surface area contributed by atoms with Crippen molar-refractivity contribution >= 4 is 5.91 Å². The van der Waals surface area contributed by atoms with Crippen LogP contribution in [0, 0.1) is 11.6 Å². The van der Waals surface area contributed by atoms with Gasteiger partial charge in [-0.2, -0.15) is 5.10 Å². The lowest BCUT2D eigenvalue weighted by Gasteiger charge is -2.22. The molecule has 2 N–H and O–H groups in total. The highest BCUT2D eigenvalue weighted by molar-refractivity contribution is 5.92. The van der Waals surface area contributed by atoms with Gasteiger partial charge in [0.25, 0.3) is 5.91 Å². The Labute approximate surface area is 150 Å². The molecule has 1 saturated heterocycles. The number of halogens is 2. The van der Waals surface area contributed by atoms with E-state index < -0.39 is 11.6 Å². The minimum atomic E-state index is -0.775. The van der Waals surface area contributed by atoms with Gasteiger partial charge in [0.15, 0.2) is 11.6 Å². The van der Waals surface area contributed by atoms with Gasteiger partial charge in [0, 0.05) is 18.8 Å². The summed E-state index contributed by atoms with van der Waals surface area (Å²) in [5, 5.41) is 10.4. The molecule has 6 nitrogen and oxygen atoms in total. The molecule has 8 heteroatoms.